The Bertz CT molecular complexity index is 559. The molecule has 2 fully saturated rings. The lowest BCUT2D eigenvalue weighted by molar-refractivity contribution is 0.313. The summed E-state index contributed by atoms with van der Waals surface area (Å²) in [5.74, 6) is 2.61. The molecular formula is C19H31IN4O. The molecule has 3 rings (SSSR count). The number of aliphatic imine (C=N–C) groups is 1. The summed E-state index contributed by atoms with van der Waals surface area (Å²) in [5.41, 5.74) is 1.25. The molecular weight excluding hydrogens is 427 g/mol. The van der Waals surface area contributed by atoms with Crippen molar-refractivity contribution in [1.82, 2.24) is 15.1 Å². The lowest BCUT2D eigenvalue weighted by Gasteiger charge is -2.24. The van der Waals surface area contributed by atoms with Crippen molar-refractivity contribution in [2.45, 2.75) is 31.8 Å². The number of halogens is 1. The van der Waals surface area contributed by atoms with Crippen molar-refractivity contribution in [2.24, 2.45) is 10.9 Å². The average Bonchev–Trinajstić information content (AvgIpc) is 3.35. The van der Waals surface area contributed by atoms with Crippen LogP contribution < -0.4 is 10.1 Å². The van der Waals surface area contributed by atoms with Gasteiger partial charge in [0, 0.05) is 39.8 Å². The van der Waals surface area contributed by atoms with Gasteiger partial charge in [-0.3, -0.25) is 4.99 Å². The van der Waals surface area contributed by atoms with E-state index in [0.29, 0.717) is 0 Å². The molecule has 1 unspecified atom stereocenters. The molecule has 1 atom stereocenters. The van der Waals surface area contributed by atoms with Crippen LogP contribution in [0.1, 0.15) is 24.8 Å². The molecule has 1 aliphatic heterocycles. The molecule has 0 radical (unpaired) electrons. The molecule has 1 heterocycles. The SMILES string of the molecule is CN=C(NCC1CCN(C2CC2)C1)N(C)Cc1ccc(OC)cc1.I. The molecule has 0 spiro atoms. The van der Waals surface area contributed by atoms with Crippen LogP contribution in [0.2, 0.25) is 0 Å². The second kappa shape index (κ2) is 9.62. The molecule has 140 valence electrons. The van der Waals surface area contributed by atoms with Gasteiger partial charge in [0.15, 0.2) is 5.96 Å². The van der Waals surface area contributed by atoms with Crippen LogP contribution in [0.25, 0.3) is 0 Å². The van der Waals surface area contributed by atoms with Crippen molar-refractivity contribution < 1.29 is 4.74 Å². The maximum absolute atomic E-state index is 5.21. The van der Waals surface area contributed by atoms with Gasteiger partial charge in [0.05, 0.1) is 7.11 Å². The van der Waals surface area contributed by atoms with Crippen LogP contribution in [0.3, 0.4) is 0 Å². The first-order valence-corrected chi connectivity index (χ1v) is 8.98. The zero-order chi connectivity index (χ0) is 16.9. The largest absolute Gasteiger partial charge is 0.497 e. The minimum Gasteiger partial charge on any atom is -0.497 e. The summed E-state index contributed by atoms with van der Waals surface area (Å²) in [6, 6.07) is 9.11. The van der Waals surface area contributed by atoms with E-state index in [2.05, 4.69) is 39.3 Å². The second-order valence-corrected chi connectivity index (χ2v) is 7.01. The van der Waals surface area contributed by atoms with E-state index < -0.39 is 0 Å². The number of hydrogen-bond acceptors (Lipinski definition) is 3. The number of ether oxygens (including phenoxy) is 1. The fourth-order valence-electron chi connectivity index (χ4n) is 3.50. The minimum atomic E-state index is 0. The molecule has 6 heteroatoms. The topological polar surface area (TPSA) is 40.1 Å². The third-order valence-corrected chi connectivity index (χ3v) is 5.08. The maximum Gasteiger partial charge on any atom is 0.193 e. The maximum atomic E-state index is 5.21. The molecule has 0 aromatic heterocycles. The first-order chi connectivity index (χ1) is 11.7. The van der Waals surface area contributed by atoms with E-state index in [0.717, 1.165) is 36.8 Å². The van der Waals surface area contributed by atoms with E-state index in [1.54, 1.807) is 7.11 Å². The third-order valence-electron chi connectivity index (χ3n) is 5.08. The molecule has 1 saturated heterocycles. The Morgan fingerprint density at radius 1 is 1.28 bits per heavy atom. The molecule has 1 aromatic rings. The number of likely N-dealkylation sites (tertiary alicyclic amines) is 1. The van der Waals surface area contributed by atoms with Gasteiger partial charge in [0.2, 0.25) is 0 Å². The first kappa shape index (κ1) is 20.3. The quantitative estimate of drug-likeness (QED) is 0.405. The highest BCUT2D eigenvalue weighted by molar-refractivity contribution is 14.0. The number of nitrogens with zero attached hydrogens (tertiary/aromatic N) is 3. The number of guanidine groups is 1. The minimum absolute atomic E-state index is 0. The van der Waals surface area contributed by atoms with Crippen LogP contribution in [0.5, 0.6) is 5.75 Å². The van der Waals surface area contributed by atoms with E-state index in [1.807, 2.05) is 19.2 Å². The molecule has 0 amide bonds. The molecule has 2 aliphatic rings. The van der Waals surface area contributed by atoms with Crippen molar-refractivity contribution in [1.29, 1.82) is 0 Å². The van der Waals surface area contributed by atoms with Crippen LogP contribution in [-0.4, -0.2) is 62.6 Å². The van der Waals surface area contributed by atoms with Gasteiger partial charge in [0.25, 0.3) is 0 Å². The molecule has 5 nitrogen and oxygen atoms in total. The predicted molar refractivity (Wildman–Crippen MR) is 114 cm³/mol. The molecule has 1 N–H and O–H groups in total. The number of rotatable bonds is 6. The Morgan fingerprint density at radius 2 is 2.00 bits per heavy atom. The Balaban J connectivity index is 0.00000225. The van der Waals surface area contributed by atoms with Crippen molar-refractivity contribution in [2.75, 3.05) is 40.8 Å². The van der Waals surface area contributed by atoms with Crippen LogP contribution in [0, 0.1) is 5.92 Å². The third kappa shape index (κ3) is 5.74. The second-order valence-electron chi connectivity index (χ2n) is 7.01. The highest BCUT2D eigenvalue weighted by Gasteiger charge is 2.34. The van der Waals surface area contributed by atoms with Gasteiger partial charge in [-0.2, -0.15) is 0 Å². The number of methoxy groups -OCH3 is 1. The smallest absolute Gasteiger partial charge is 0.193 e. The normalized spacial score (nSPS) is 20.9. The number of hydrogen-bond donors (Lipinski definition) is 1. The summed E-state index contributed by atoms with van der Waals surface area (Å²) < 4.78 is 5.21. The predicted octanol–water partition coefficient (Wildman–Crippen LogP) is 2.80. The van der Waals surface area contributed by atoms with E-state index in [9.17, 15) is 0 Å². The standard InChI is InChI=1S/C19H30N4O.HI/c1-20-19(21-12-16-10-11-23(14-16)17-6-7-17)22(2)13-15-4-8-18(24-3)9-5-15;/h4-5,8-9,16-17H,6-7,10-14H2,1-3H3,(H,20,21);1H. The summed E-state index contributed by atoms with van der Waals surface area (Å²) >= 11 is 0. The number of nitrogens with one attached hydrogen (secondary N) is 1. The highest BCUT2D eigenvalue weighted by atomic mass is 127. The Morgan fingerprint density at radius 3 is 2.60 bits per heavy atom. The zero-order valence-corrected chi connectivity index (χ0v) is 17.9. The van der Waals surface area contributed by atoms with Crippen LogP contribution >= 0.6 is 24.0 Å². The van der Waals surface area contributed by atoms with Gasteiger partial charge in [0.1, 0.15) is 5.75 Å². The summed E-state index contributed by atoms with van der Waals surface area (Å²) in [5, 5.41) is 3.56. The molecule has 25 heavy (non-hydrogen) atoms. The van der Waals surface area contributed by atoms with Gasteiger partial charge in [-0.15, -0.1) is 24.0 Å². The Kier molecular flexibility index (Phi) is 7.81. The van der Waals surface area contributed by atoms with Crippen LogP contribution in [0.4, 0.5) is 0 Å². The van der Waals surface area contributed by atoms with Gasteiger partial charge in [-0.1, -0.05) is 12.1 Å². The Hall–Kier alpha value is -1.02. The van der Waals surface area contributed by atoms with Gasteiger partial charge >= 0.3 is 0 Å². The van der Waals surface area contributed by atoms with Crippen molar-refractivity contribution in [3.05, 3.63) is 29.8 Å². The highest BCUT2D eigenvalue weighted by Crippen LogP contribution is 2.31. The fourth-order valence-corrected chi connectivity index (χ4v) is 3.50. The Labute approximate surface area is 168 Å². The monoisotopic (exact) mass is 458 g/mol. The van der Waals surface area contributed by atoms with E-state index in [-0.39, 0.29) is 24.0 Å². The molecule has 0 bridgehead atoms. The van der Waals surface area contributed by atoms with Crippen LogP contribution in [-0.2, 0) is 6.54 Å². The van der Waals surface area contributed by atoms with E-state index in [4.69, 9.17) is 4.74 Å². The van der Waals surface area contributed by atoms with Gasteiger partial charge in [-0.05, 0) is 49.4 Å². The molecule has 1 aromatic carbocycles. The van der Waals surface area contributed by atoms with Crippen molar-refractivity contribution >= 4 is 29.9 Å². The summed E-state index contributed by atoms with van der Waals surface area (Å²) in [6.45, 7) is 4.37. The summed E-state index contributed by atoms with van der Waals surface area (Å²) in [4.78, 5) is 9.28. The van der Waals surface area contributed by atoms with Crippen molar-refractivity contribution in [3.8, 4) is 5.75 Å². The molecule has 1 saturated carbocycles. The molecule has 1 aliphatic carbocycles. The van der Waals surface area contributed by atoms with E-state index in [1.165, 1.54) is 37.9 Å². The van der Waals surface area contributed by atoms with Gasteiger partial charge < -0.3 is 19.9 Å². The van der Waals surface area contributed by atoms with Crippen LogP contribution in [0.15, 0.2) is 29.3 Å². The van der Waals surface area contributed by atoms with Gasteiger partial charge in [-0.25, -0.2) is 0 Å². The summed E-state index contributed by atoms with van der Waals surface area (Å²) in [6.07, 6.45) is 4.13. The summed E-state index contributed by atoms with van der Waals surface area (Å²) in [7, 11) is 5.64. The zero-order valence-electron chi connectivity index (χ0n) is 15.6. The average molecular weight is 458 g/mol. The first-order valence-electron chi connectivity index (χ1n) is 8.98. The van der Waals surface area contributed by atoms with E-state index >= 15 is 0 Å². The fraction of sp³-hybridized carbons (Fsp3) is 0.632. The lowest BCUT2D eigenvalue weighted by atomic mass is 10.1. The lowest BCUT2D eigenvalue weighted by Crippen LogP contribution is -2.41. The number of benzene rings is 1. The van der Waals surface area contributed by atoms with Crippen molar-refractivity contribution in [3.63, 3.8) is 0 Å².